The van der Waals surface area contributed by atoms with E-state index in [0.717, 1.165) is 5.82 Å². The van der Waals surface area contributed by atoms with Gasteiger partial charge < -0.3 is 9.67 Å². The SMILES string of the molecule is Cc1nnc(Sc2cc(C(=O)O)c(Cl)cn2)n1C. The third kappa shape index (κ3) is 2.46. The van der Waals surface area contributed by atoms with Crippen molar-refractivity contribution in [2.24, 2.45) is 7.05 Å². The summed E-state index contributed by atoms with van der Waals surface area (Å²) in [5.74, 6) is -0.316. The van der Waals surface area contributed by atoms with Gasteiger partial charge >= 0.3 is 5.97 Å². The van der Waals surface area contributed by atoms with E-state index < -0.39 is 5.97 Å². The quantitative estimate of drug-likeness (QED) is 0.929. The molecule has 0 unspecified atom stereocenters. The van der Waals surface area contributed by atoms with Crippen LogP contribution >= 0.6 is 23.4 Å². The Bertz CT molecular complexity index is 614. The first kappa shape index (κ1) is 12.8. The summed E-state index contributed by atoms with van der Waals surface area (Å²) in [6, 6.07) is 1.42. The zero-order valence-electron chi connectivity index (χ0n) is 9.59. The number of carbonyl (C=O) groups is 1. The lowest BCUT2D eigenvalue weighted by Gasteiger charge is -2.03. The molecule has 0 aromatic carbocycles. The van der Waals surface area contributed by atoms with Crippen molar-refractivity contribution >= 4 is 29.3 Å². The summed E-state index contributed by atoms with van der Waals surface area (Å²) in [7, 11) is 1.83. The zero-order chi connectivity index (χ0) is 13.3. The summed E-state index contributed by atoms with van der Waals surface area (Å²) in [5, 5.41) is 18.1. The predicted molar refractivity (Wildman–Crippen MR) is 66.1 cm³/mol. The predicted octanol–water partition coefficient (Wildman–Crippen LogP) is 2.02. The van der Waals surface area contributed by atoms with Gasteiger partial charge in [0.2, 0.25) is 0 Å². The second-order valence-corrected chi connectivity index (χ2v) is 4.89. The molecule has 0 saturated heterocycles. The Labute approximate surface area is 112 Å². The summed E-state index contributed by atoms with van der Waals surface area (Å²) >= 11 is 6.98. The van der Waals surface area contributed by atoms with Gasteiger partial charge in [-0.15, -0.1) is 10.2 Å². The summed E-state index contributed by atoms with van der Waals surface area (Å²) in [4.78, 5) is 15.0. The maximum absolute atomic E-state index is 10.9. The number of aromatic nitrogens is 4. The molecule has 0 aliphatic heterocycles. The lowest BCUT2D eigenvalue weighted by atomic mass is 10.3. The third-order valence-electron chi connectivity index (χ3n) is 2.31. The molecule has 0 bridgehead atoms. The molecule has 8 heteroatoms. The normalized spacial score (nSPS) is 10.6. The number of halogens is 1. The van der Waals surface area contributed by atoms with Gasteiger partial charge in [0, 0.05) is 13.2 Å². The second kappa shape index (κ2) is 4.95. The van der Waals surface area contributed by atoms with E-state index in [2.05, 4.69) is 15.2 Å². The van der Waals surface area contributed by atoms with Crippen molar-refractivity contribution in [3.05, 3.63) is 28.7 Å². The second-order valence-electron chi connectivity index (χ2n) is 3.50. The topological polar surface area (TPSA) is 80.9 Å². The molecule has 94 valence electrons. The van der Waals surface area contributed by atoms with E-state index in [1.54, 1.807) is 4.57 Å². The number of rotatable bonds is 3. The van der Waals surface area contributed by atoms with Crippen LogP contribution in [0.25, 0.3) is 0 Å². The lowest BCUT2D eigenvalue weighted by molar-refractivity contribution is 0.0696. The van der Waals surface area contributed by atoms with Crippen molar-refractivity contribution in [1.82, 2.24) is 19.7 Å². The minimum Gasteiger partial charge on any atom is -0.478 e. The first-order valence-electron chi connectivity index (χ1n) is 4.91. The number of aryl methyl sites for hydroxylation is 1. The van der Waals surface area contributed by atoms with E-state index in [1.165, 1.54) is 24.0 Å². The van der Waals surface area contributed by atoms with Crippen LogP contribution in [-0.4, -0.2) is 30.8 Å². The third-order valence-corrected chi connectivity index (χ3v) is 3.58. The summed E-state index contributed by atoms with van der Waals surface area (Å²) in [5.41, 5.74) is 0.0213. The number of nitrogens with zero attached hydrogens (tertiary/aromatic N) is 4. The van der Waals surface area contributed by atoms with Gasteiger partial charge in [0.15, 0.2) is 5.16 Å². The zero-order valence-corrected chi connectivity index (χ0v) is 11.2. The molecule has 0 saturated carbocycles. The number of carboxylic acids is 1. The van der Waals surface area contributed by atoms with Crippen molar-refractivity contribution in [3.8, 4) is 0 Å². The molecule has 6 nitrogen and oxygen atoms in total. The Morgan fingerprint density at radius 2 is 2.22 bits per heavy atom. The summed E-state index contributed by atoms with van der Waals surface area (Å²) < 4.78 is 1.79. The van der Waals surface area contributed by atoms with Gasteiger partial charge in [-0.25, -0.2) is 9.78 Å². The van der Waals surface area contributed by atoms with Gasteiger partial charge in [0.05, 0.1) is 10.6 Å². The van der Waals surface area contributed by atoms with Gasteiger partial charge in [-0.1, -0.05) is 11.6 Å². The van der Waals surface area contributed by atoms with E-state index >= 15 is 0 Å². The average Bonchev–Trinajstić information content (AvgIpc) is 2.63. The van der Waals surface area contributed by atoms with Crippen molar-refractivity contribution in [3.63, 3.8) is 0 Å². The van der Waals surface area contributed by atoms with Crippen molar-refractivity contribution in [1.29, 1.82) is 0 Å². The number of carboxylic acid groups (broad SMARTS) is 1. The molecule has 2 rings (SSSR count). The highest BCUT2D eigenvalue weighted by Crippen LogP contribution is 2.27. The minimum atomic E-state index is -1.08. The molecule has 2 aromatic heterocycles. The maximum Gasteiger partial charge on any atom is 0.337 e. The fourth-order valence-electron chi connectivity index (χ4n) is 1.21. The first-order chi connectivity index (χ1) is 8.49. The highest BCUT2D eigenvalue weighted by Gasteiger charge is 2.13. The molecule has 0 spiro atoms. The van der Waals surface area contributed by atoms with Crippen molar-refractivity contribution in [2.75, 3.05) is 0 Å². The molecule has 18 heavy (non-hydrogen) atoms. The Morgan fingerprint density at radius 1 is 1.50 bits per heavy atom. The molecule has 1 N–H and O–H groups in total. The van der Waals surface area contributed by atoms with E-state index in [4.69, 9.17) is 16.7 Å². The van der Waals surface area contributed by atoms with Gasteiger partial charge in [-0.05, 0) is 24.8 Å². The highest BCUT2D eigenvalue weighted by atomic mass is 35.5. The van der Waals surface area contributed by atoms with E-state index in [0.29, 0.717) is 10.2 Å². The molecular formula is C10H9ClN4O2S. The van der Waals surface area contributed by atoms with Crippen LogP contribution in [0.2, 0.25) is 5.02 Å². The fraction of sp³-hybridized carbons (Fsp3) is 0.200. The molecule has 0 atom stereocenters. The smallest absolute Gasteiger partial charge is 0.337 e. The van der Waals surface area contributed by atoms with Crippen LogP contribution in [0.3, 0.4) is 0 Å². The van der Waals surface area contributed by atoms with Crippen LogP contribution in [0, 0.1) is 6.92 Å². The van der Waals surface area contributed by atoms with Crippen LogP contribution in [0.1, 0.15) is 16.2 Å². The fourth-order valence-corrected chi connectivity index (χ4v) is 2.21. The number of hydrogen-bond acceptors (Lipinski definition) is 5. The molecule has 0 fully saturated rings. The van der Waals surface area contributed by atoms with Crippen LogP contribution in [0.5, 0.6) is 0 Å². The Hall–Kier alpha value is -1.60. The summed E-state index contributed by atoms with van der Waals surface area (Å²) in [6.07, 6.45) is 1.32. The number of hydrogen-bond donors (Lipinski definition) is 1. The van der Waals surface area contributed by atoms with E-state index in [-0.39, 0.29) is 10.6 Å². The van der Waals surface area contributed by atoms with E-state index in [9.17, 15) is 4.79 Å². The minimum absolute atomic E-state index is 0.0213. The van der Waals surface area contributed by atoms with Crippen molar-refractivity contribution in [2.45, 2.75) is 17.1 Å². The maximum atomic E-state index is 10.9. The van der Waals surface area contributed by atoms with Gasteiger partial charge in [0.1, 0.15) is 10.9 Å². The van der Waals surface area contributed by atoms with Gasteiger partial charge in [-0.3, -0.25) is 0 Å². The standard InChI is InChI=1S/C10H9ClN4O2S/c1-5-13-14-10(15(5)2)18-8-3-6(9(16)17)7(11)4-12-8/h3-4H,1-2H3,(H,16,17). The average molecular weight is 285 g/mol. The summed E-state index contributed by atoms with van der Waals surface area (Å²) in [6.45, 7) is 1.83. The molecule has 0 aliphatic carbocycles. The molecule has 0 amide bonds. The molecule has 0 radical (unpaired) electrons. The molecular weight excluding hydrogens is 276 g/mol. The van der Waals surface area contributed by atoms with Crippen LogP contribution < -0.4 is 0 Å². The molecule has 2 heterocycles. The Morgan fingerprint density at radius 3 is 2.78 bits per heavy atom. The largest absolute Gasteiger partial charge is 0.478 e. The number of pyridine rings is 1. The monoisotopic (exact) mass is 284 g/mol. The van der Waals surface area contributed by atoms with Crippen molar-refractivity contribution < 1.29 is 9.90 Å². The Balaban J connectivity index is 2.33. The van der Waals surface area contributed by atoms with Crippen LogP contribution in [0.4, 0.5) is 0 Å². The Kier molecular flexibility index (Phi) is 3.53. The van der Waals surface area contributed by atoms with Gasteiger partial charge in [0.25, 0.3) is 0 Å². The first-order valence-corrected chi connectivity index (χ1v) is 6.11. The van der Waals surface area contributed by atoms with E-state index in [1.807, 2.05) is 14.0 Å². The highest BCUT2D eigenvalue weighted by molar-refractivity contribution is 7.99. The lowest BCUT2D eigenvalue weighted by Crippen LogP contribution is -1.99. The van der Waals surface area contributed by atoms with Crippen LogP contribution in [-0.2, 0) is 7.05 Å². The van der Waals surface area contributed by atoms with Crippen LogP contribution in [0.15, 0.2) is 22.4 Å². The molecule has 2 aromatic rings. The van der Waals surface area contributed by atoms with Gasteiger partial charge in [-0.2, -0.15) is 0 Å². The molecule has 0 aliphatic rings. The number of aromatic carboxylic acids is 1.